The van der Waals surface area contributed by atoms with Crippen molar-refractivity contribution in [3.05, 3.63) is 36.4 Å². The number of hydrogen-bond acceptors (Lipinski definition) is 4. The van der Waals surface area contributed by atoms with Crippen LogP contribution in [0.25, 0.3) is 0 Å². The summed E-state index contributed by atoms with van der Waals surface area (Å²) in [5.74, 6) is -0.581. The van der Waals surface area contributed by atoms with Gasteiger partial charge in [0.2, 0.25) is 11.8 Å². The van der Waals surface area contributed by atoms with Crippen LogP contribution in [0, 0.1) is 11.8 Å². The van der Waals surface area contributed by atoms with Crippen LogP contribution >= 0.6 is 0 Å². The van der Waals surface area contributed by atoms with Gasteiger partial charge in [-0.2, -0.15) is 0 Å². The zero-order valence-electron chi connectivity index (χ0n) is 11.8. The zero-order valence-corrected chi connectivity index (χ0v) is 11.8. The smallest absolute Gasteiger partial charge is 0.241 e. The molecule has 0 aliphatic carbocycles. The fraction of sp³-hybridized carbons (Fsp3) is 0.375. The summed E-state index contributed by atoms with van der Waals surface area (Å²) in [4.78, 5) is 26.7. The van der Waals surface area contributed by atoms with Crippen LogP contribution in [0.4, 0.5) is 5.69 Å². The number of amides is 2. The molecule has 21 heavy (non-hydrogen) atoms. The van der Waals surface area contributed by atoms with E-state index < -0.39 is 17.4 Å². The molecule has 0 saturated carbocycles. The number of ether oxygens (including phenoxy) is 2. The Bertz CT molecular complexity index is 683. The highest BCUT2D eigenvalue weighted by Gasteiger charge is 2.66. The quantitative estimate of drug-likeness (QED) is 0.611. The van der Waals surface area contributed by atoms with Crippen molar-refractivity contribution >= 4 is 17.5 Å². The highest BCUT2D eigenvalue weighted by atomic mass is 16.5. The highest BCUT2D eigenvalue weighted by molar-refractivity contribution is 6.23. The molecule has 5 heteroatoms. The van der Waals surface area contributed by atoms with Gasteiger partial charge in [0.05, 0.1) is 36.3 Å². The Morgan fingerprint density at radius 1 is 1.29 bits per heavy atom. The first-order chi connectivity index (χ1) is 10.0. The lowest BCUT2D eigenvalue weighted by atomic mass is 9.78. The molecule has 0 spiro atoms. The number of fused-ring (bicyclic) bond motifs is 5. The summed E-state index contributed by atoms with van der Waals surface area (Å²) in [6.45, 7) is 1.87. The molecule has 108 valence electrons. The van der Waals surface area contributed by atoms with Crippen LogP contribution in [0.3, 0.4) is 0 Å². The van der Waals surface area contributed by atoms with E-state index in [0.717, 1.165) is 0 Å². The monoisotopic (exact) mass is 285 g/mol. The minimum Gasteiger partial charge on any atom is -0.497 e. The van der Waals surface area contributed by atoms with E-state index in [0.29, 0.717) is 11.4 Å². The summed E-state index contributed by atoms with van der Waals surface area (Å²) in [5.41, 5.74) is -0.0999. The van der Waals surface area contributed by atoms with Crippen LogP contribution in [-0.4, -0.2) is 30.6 Å². The molecule has 4 rings (SSSR count). The predicted molar refractivity (Wildman–Crippen MR) is 74.9 cm³/mol. The van der Waals surface area contributed by atoms with E-state index in [1.807, 2.05) is 19.1 Å². The summed E-state index contributed by atoms with van der Waals surface area (Å²) >= 11 is 0. The molecule has 5 nitrogen and oxygen atoms in total. The second kappa shape index (κ2) is 3.95. The van der Waals surface area contributed by atoms with Gasteiger partial charge >= 0.3 is 0 Å². The van der Waals surface area contributed by atoms with Gasteiger partial charge in [-0.05, 0) is 19.1 Å². The first-order valence-electron chi connectivity index (χ1n) is 6.94. The van der Waals surface area contributed by atoms with Crippen LogP contribution in [0.5, 0.6) is 5.75 Å². The molecule has 3 aliphatic rings. The normalized spacial score (nSPS) is 36.5. The molecule has 1 aromatic rings. The Balaban J connectivity index is 1.76. The van der Waals surface area contributed by atoms with E-state index in [9.17, 15) is 9.59 Å². The molecule has 0 aromatic heterocycles. The lowest BCUT2D eigenvalue weighted by molar-refractivity contribution is -0.126. The average Bonchev–Trinajstić information content (AvgIpc) is 3.08. The Kier molecular flexibility index (Phi) is 2.37. The third kappa shape index (κ3) is 1.49. The molecule has 0 unspecified atom stereocenters. The number of rotatable bonds is 2. The predicted octanol–water partition coefficient (Wildman–Crippen LogP) is 1.53. The maximum Gasteiger partial charge on any atom is 0.241 e. The average molecular weight is 285 g/mol. The molecule has 2 amide bonds. The molecular formula is C16H15NO4. The van der Waals surface area contributed by atoms with Crippen LogP contribution in [0.2, 0.25) is 0 Å². The van der Waals surface area contributed by atoms with Crippen LogP contribution in [-0.2, 0) is 14.3 Å². The molecule has 3 heterocycles. The number of anilines is 1. The number of imide groups is 1. The van der Waals surface area contributed by atoms with Gasteiger partial charge in [-0.3, -0.25) is 9.59 Å². The van der Waals surface area contributed by atoms with Gasteiger partial charge in [0.15, 0.2) is 0 Å². The fourth-order valence-corrected chi connectivity index (χ4v) is 3.66. The summed E-state index contributed by atoms with van der Waals surface area (Å²) in [5, 5.41) is 0. The van der Waals surface area contributed by atoms with Crippen molar-refractivity contribution in [1.29, 1.82) is 0 Å². The lowest BCUT2D eigenvalue weighted by Crippen LogP contribution is -2.38. The second-order valence-electron chi connectivity index (χ2n) is 5.84. The summed E-state index contributed by atoms with van der Waals surface area (Å²) in [6.07, 6.45) is 3.51. The lowest BCUT2D eigenvalue weighted by Gasteiger charge is -2.24. The van der Waals surface area contributed by atoms with Crippen molar-refractivity contribution in [3.63, 3.8) is 0 Å². The largest absolute Gasteiger partial charge is 0.497 e. The van der Waals surface area contributed by atoms with Gasteiger partial charge in [-0.1, -0.05) is 18.2 Å². The van der Waals surface area contributed by atoms with E-state index in [-0.39, 0.29) is 17.9 Å². The Labute approximate surface area is 122 Å². The maximum atomic E-state index is 12.7. The third-order valence-corrected chi connectivity index (χ3v) is 4.64. The van der Waals surface area contributed by atoms with Gasteiger partial charge in [0, 0.05) is 6.07 Å². The molecular weight excluding hydrogens is 270 g/mol. The van der Waals surface area contributed by atoms with Crippen molar-refractivity contribution in [2.24, 2.45) is 11.8 Å². The highest BCUT2D eigenvalue weighted by Crippen LogP contribution is 2.52. The van der Waals surface area contributed by atoms with Gasteiger partial charge in [0.1, 0.15) is 5.75 Å². The summed E-state index contributed by atoms with van der Waals surface area (Å²) < 4.78 is 11.0. The number of carbonyl (C=O) groups is 2. The Morgan fingerprint density at radius 2 is 2.10 bits per heavy atom. The third-order valence-electron chi connectivity index (χ3n) is 4.64. The SMILES string of the molecule is COc1cccc(N2C(=O)[C@@H]3[C@@H](C2=O)[C@@]2(C)C=C[C@H]3O2)c1. The van der Waals surface area contributed by atoms with E-state index in [2.05, 4.69) is 0 Å². The van der Waals surface area contributed by atoms with Crippen molar-refractivity contribution in [1.82, 2.24) is 0 Å². The number of carbonyl (C=O) groups excluding carboxylic acids is 2. The molecule has 4 atom stereocenters. The van der Waals surface area contributed by atoms with E-state index in [1.165, 1.54) is 4.90 Å². The van der Waals surface area contributed by atoms with Crippen molar-refractivity contribution in [2.75, 3.05) is 12.0 Å². The molecule has 1 aromatic carbocycles. The van der Waals surface area contributed by atoms with Gasteiger partial charge in [0.25, 0.3) is 0 Å². The number of benzene rings is 1. The van der Waals surface area contributed by atoms with Crippen molar-refractivity contribution in [2.45, 2.75) is 18.6 Å². The number of nitrogens with zero attached hydrogens (tertiary/aromatic N) is 1. The van der Waals surface area contributed by atoms with E-state index in [1.54, 1.807) is 31.4 Å². The first kappa shape index (κ1) is 12.6. The standard InChI is InChI=1S/C16H15NO4/c1-16-7-6-11(21-16)12-13(16)15(19)17(14(12)18)9-4-3-5-10(8-9)20-2/h3-8,11-13H,1-2H3/t11-,12+,13+,16-/m1/s1. The van der Waals surface area contributed by atoms with Crippen LogP contribution in [0.15, 0.2) is 36.4 Å². The topological polar surface area (TPSA) is 55.8 Å². The maximum absolute atomic E-state index is 12.7. The van der Waals surface area contributed by atoms with Crippen LogP contribution < -0.4 is 9.64 Å². The molecule has 0 N–H and O–H groups in total. The molecule has 0 radical (unpaired) electrons. The summed E-state index contributed by atoms with van der Waals surface area (Å²) in [7, 11) is 1.56. The minimum atomic E-state index is -0.657. The summed E-state index contributed by atoms with van der Waals surface area (Å²) in [6, 6.07) is 7.01. The molecule has 3 aliphatic heterocycles. The van der Waals surface area contributed by atoms with Crippen LogP contribution in [0.1, 0.15) is 6.92 Å². The number of methoxy groups -OCH3 is 1. The van der Waals surface area contributed by atoms with Crippen molar-refractivity contribution in [3.8, 4) is 5.75 Å². The van der Waals surface area contributed by atoms with E-state index in [4.69, 9.17) is 9.47 Å². The first-order valence-corrected chi connectivity index (χ1v) is 6.94. The molecule has 2 saturated heterocycles. The molecule has 2 bridgehead atoms. The molecule has 2 fully saturated rings. The number of hydrogen-bond donors (Lipinski definition) is 0. The fourth-order valence-electron chi connectivity index (χ4n) is 3.66. The Hall–Kier alpha value is -2.14. The van der Waals surface area contributed by atoms with Crippen molar-refractivity contribution < 1.29 is 19.1 Å². The van der Waals surface area contributed by atoms with Gasteiger partial charge in [-0.25, -0.2) is 4.90 Å². The van der Waals surface area contributed by atoms with Gasteiger partial charge in [-0.15, -0.1) is 0 Å². The second-order valence-corrected chi connectivity index (χ2v) is 5.84. The van der Waals surface area contributed by atoms with E-state index >= 15 is 0 Å². The minimum absolute atomic E-state index is 0.184. The van der Waals surface area contributed by atoms with Gasteiger partial charge < -0.3 is 9.47 Å². The zero-order chi connectivity index (χ0) is 14.8. The Morgan fingerprint density at radius 3 is 2.81 bits per heavy atom.